The number of rotatable bonds is 3. The minimum atomic E-state index is -0.664. The number of carbonyl (C=O) groups is 2. The van der Waals surface area contributed by atoms with Gasteiger partial charge in [-0.05, 0) is 31.5 Å². The molecule has 0 saturated carbocycles. The molecule has 6 nitrogen and oxygen atoms in total. The van der Waals surface area contributed by atoms with E-state index >= 15 is 0 Å². The highest BCUT2D eigenvalue weighted by Gasteiger charge is 2.32. The van der Waals surface area contributed by atoms with Crippen LogP contribution in [0.15, 0.2) is 22.7 Å². The summed E-state index contributed by atoms with van der Waals surface area (Å²) in [7, 11) is 0. The van der Waals surface area contributed by atoms with Crippen molar-refractivity contribution in [2.45, 2.75) is 26.4 Å². The van der Waals surface area contributed by atoms with Gasteiger partial charge in [-0.2, -0.15) is 0 Å². The fourth-order valence-electron chi connectivity index (χ4n) is 2.51. The molecule has 2 amide bonds. The Labute approximate surface area is 131 Å². The van der Waals surface area contributed by atoms with E-state index in [4.69, 9.17) is 21.9 Å². The second-order valence-corrected chi connectivity index (χ2v) is 5.87. The highest BCUT2D eigenvalue weighted by atomic mass is 35.5. The van der Waals surface area contributed by atoms with Gasteiger partial charge in [-0.1, -0.05) is 16.8 Å². The molecule has 0 aliphatic carbocycles. The zero-order valence-corrected chi connectivity index (χ0v) is 12.8. The minimum Gasteiger partial charge on any atom is -0.364 e. The van der Waals surface area contributed by atoms with Crippen molar-refractivity contribution < 1.29 is 14.1 Å². The van der Waals surface area contributed by atoms with Crippen LogP contribution < -0.4 is 5.73 Å². The topological polar surface area (TPSA) is 89.4 Å². The highest BCUT2D eigenvalue weighted by molar-refractivity contribution is 6.34. The van der Waals surface area contributed by atoms with E-state index in [0.717, 1.165) is 5.56 Å². The SMILES string of the molecule is CC(C)N1Cc2cc(-c3cc(C(N)=O)no3)cc(Cl)c2C1=O. The average molecular weight is 320 g/mol. The van der Waals surface area contributed by atoms with Gasteiger partial charge in [0.05, 0.1) is 10.6 Å². The molecule has 3 rings (SSSR count). The smallest absolute Gasteiger partial charge is 0.270 e. The van der Waals surface area contributed by atoms with E-state index < -0.39 is 5.91 Å². The maximum atomic E-state index is 12.3. The largest absolute Gasteiger partial charge is 0.364 e. The van der Waals surface area contributed by atoms with E-state index in [-0.39, 0.29) is 17.6 Å². The Hall–Kier alpha value is -2.34. The number of amides is 2. The van der Waals surface area contributed by atoms with Gasteiger partial charge in [0.2, 0.25) is 0 Å². The van der Waals surface area contributed by atoms with E-state index in [1.807, 2.05) is 19.9 Å². The van der Waals surface area contributed by atoms with Gasteiger partial charge in [-0.3, -0.25) is 9.59 Å². The van der Waals surface area contributed by atoms with Crippen molar-refractivity contribution in [2.75, 3.05) is 0 Å². The Morgan fingerprint density at radius 2 is 2.14 bits per heavy atom. The van der Waals surface area contributed by atoms with Crippen LogP contribution in [0.2, 0.25) is 5.02 Å². The van der Waals surface area contributed by atoms with Crippen LogP contribution in [-0.2, 0) is 6.54 Å². The van der Waals surface area contributed by atoms with Crippen LogP contribution in [0.5, 0.6) is 0 Å². The number of benzene rings is 1. The molecule has 114 valence electrons. The highest BCUT2D eigenvalue weighted by Crippen LogP contribution is 2.35. The third-order valence-electron chi connectivity index (χ3n) is 3.66. The summed E-state index contributed by atoms with van der Waals surface area (Å²) in [5, 5.41) is 3.96. The van der Waals surface area contributed by atoms with Crippen LogP contribution in [0.4, 0.5) is 0 Å². The molecule has 0 fully saturated rings. The zero-order chi connectivity index (χ0) is 16.0. The summed E-state index contributed by atoms with van der Waals surface area (Å²) >= 11 is 6.26. The van der Waals surface area contributed by atoms with Crippen molar-refractivity contribution >= 4 is 23.4 Å². The van der Waals surface area contributed by atoms with Crippen molar-refractivity contribution in [3.8, 4) is 11.3 Å². The summed E-state index contributed by atoms with van der Waals surface area (Å²) in [5.41, 5.74) is 7.21. The van der Waals surface area contributed by atoms with Crippen LogP contribution in [0, 0.1) is 0 Å². The van der Waals surface area contributed by atoms with Gasteiger partial charge in [-0.15, -0.1) is 0 Å². The number of halogens is 1. The summed E-state index contributed by atoms with van der Waals surface area (Å²) in [4.78, 5) is 25.2. The van der Waals surface area contributed by atoms with Crippen molar-refractivity contribution in [2.24, 2.45) is 5.73 Å². The number of aromatic nitrogens is 1. The molecule has 1 aliphatic rings. The Balaban J connectivity index is 2.04. The quantitative estimate of drug-likeness (QED) is 0.941. The van der Waals surface area contributed by atoms with Gasteiger partial charge in [0.15, 0.2) is 11.5 Å². The summed E-state index contributed by atoms with van der Waals surface area (Å²) in [6, 6.07) is 5.00. The first-order valence-corrected chi connectivity index (χ1v) is 7.16. The zero-order valence-electron chi connectivity index (χ0n) is 12.1. The fraction of sp³-hybridized carbons (Fsp3) is 0.267. The number of fused-ring (bicyclic) bond motifs is 1. The minimum absolute atomic E-state index is 0.0477. The molecule has 7 heteroatoms. The predicted molar refractivity (Wildman–Crippen MR) is 80.5 cm³/mol. The second kappa shape index (κ2) is 5.14. The van der Waals surface area contributed by atoms with Gasteiger partial charge < -0.3 is 15.2 Å². The molecule has 0 bridgehead atoms. The number of nitrogens with two attached hydrogens (primary N) is 1. The standard InChI is InChI=1S/C15H14ClN3O3/c1-7(2)19-6-9-3-8(4-10(16)13(9)15(19)21)12-5-11(14(17)20)18-22-12/h3-5,7H,6H2,1-2H3,(H2,17,20). The fourth-order valence-corrected chi connectivity index (χ4v) is 2.83. The predicted octanol–water partition coefficient (Wildman–Crippen LogP) is 2.46. The monoisotopic (exact) mass is 319 g/mol. The lowest BCUT2D eigenvalue weighted by Gasteiger charge is -2.19. The molecule has 1 aromatic heterocycles. The molecule has 0 unspecified atom stereocenters. The van der Waals surface area contributed by atoms with Crippen molar-refractivity contribution in [1.82, 2.24) is 10.1 Å². The van der Waals surface area contributed by atoms with Crippen LogP contribution in [0.25, 0.3) is 11.3 Å². The normalized spacial score (nSPS) is 13.8. The number of hydrogen-bond donors (Lipinski definition) is 1. The lowest BCUT2D eigenvalue weighted by molar-refractivity contribution is 0.0730. The molecule has 0 atom stereocenters. The van der Waals surface area contributed by atoms with Crippen LogP contribution in [0.1, 0.15) is 40.3 Å². The molecule has 2 heterocycles. The lowest BCUT2D eigenvalue weighted by Crippen LogP contribution is -2.30. The van der Waals surface area contributed by atoms with Gasteiger partial charge in [0.1, 0.15) is 0 Å². The Kier molecular flexibility index (Phi) is 3.41. The number of carbonyl (C=O) groups excluding carboxylic acids is 2. The molecule has 0 radical (unpaired) electrons. The van der Waals surface area contributed by atoms with Crippen molar-refractivity contribution in [3.63, 3.8) is 0 Å². The Bertz CT molecular complexity index is 782. The first-order valence-electron chi connectivity index (χ1n) is 6.78. The first kappa shape index (κ1) is 14.6. The molecular formula is C15H14ClN3O3. The molecule has 1 aliphatic heterocycles. The molecule has 2 N–H and O–H groups in total. The van der Waals surface area contributed by atoms with E-state index in [9.17, 15) is 9.59 Å². The van der Waals surface area contributed by atoms with E-state index in [1.165, 1.54) is 6.07 Å². The molecule has 0 spiro atoms. The van der Waals surface area contributed by atoms with E-state index in [1.54, 1.807) is 11.0 Å². The van der Waals surface area contributed by atoms with E-state index in [0.29, 0.717) is 28.5 Å². The molecule has 1 aromatic carbocycles. The average Bonchev–Trinajstić information content (AvgIpc) is 3.03. The van der Waals surface area contributed by atoms with Crippen LogP contribution >= 0.6 is 11.6 Å². The van der Waals surface area contributed by atoms with Crippen molar-refractivity contribution in [1.29, 1.82) is 0 Å². The lowest BCUT2D eigenvalue weighted by atomic mass is 10.0. The van der Waals surface area contributed by atoms with Gasteiger partial charge >= 0.3 is 0 Å². The number of hydrogen-bond acceptors (Lipinski definition) is 4. The maximum Gasteiger partial charge on any atom is 0.270 e. The first-order chi connectivity index (χ1) is 10.4. The van der Waals surface area contributed by atoms with Gasteiger partial charge in [-0.25, -0.2) is 0 Å². The van der Waals surface area contributed by atoms with Gasteiger partial charge in [0, 0.05) is 24.2 Å². The van der Waals surface area contributed by atoms with Gasteiger partial charge in [0.25, 0.3) is 11.8 Å². The van der Waals surface area contributed by atoms with E-state index in [2.05, 4.69) is 5.16 Å². The summed E-state index contributed by atoms with van der Waals surface area (Å²) < 4.78 is 5.12. The second-order valence-electron chi connectivity index (χ2n) is 5.46. The summed E-state index contributed by atoms with van der Waals surface area (Å²) in [6.45, 7) is 4.40. The summed E-state index contributed by atoms with van der Waals surface area (Å²) in [5.74, 6) is -0.352. The Morgan fingerprint density at radius 1 is 1.41 bits per heavy atom. The Morgan fingerprint density at radius 3 is 2.73 bits per heavy atom. The molecular weight excluding hydrogens is 306 g/mol. The molecule has 22 heavy (non-hydrogen) atoms. The van der Waals surface area contributed by atoms with Crippen LogP contribution in [0.3, 0.4) is 0 Å². The third-order valence-corrected chi connectivity index (χ3v) is 3.96. The number of nitrogens with zero attached hydrogens (tertiary/aromatic N) is 2. The molecule has 2 aromatic rings. The van der Waals surface area contributed by atoms with Crippen LogP contribution in [-0.4, -0.2) is 27.9 Å². The summed E-state index contributed by atoms with van der Waals surface area (Å²) in [6.07, 6.45) is 0. The maximum absolute atomic E-state index is 12.3. The molecule has 0 saturated heterocycles. The third kappa shape index (κ3) is 2.25. The number of primary amides is 1. The van der Waals surface area contributed by atoms with Crippen molar-refractivity contribution in [3.05, 3.63) is 40.0 Å².